The molecule has 2 aromatic carbocycles. The van der Waals surface area contributed by atoms with Crippen LogP contribution in [0.4, 0.5) is 5.69 Å². The van der Waals surface area contributed by atoms with Gasteiger partial charge in [0.25, 0.3) is 5.91 Å². The van der Waals surface area contributed by atoms with Crippen LogP contribution in [0.5, 0.6) is 0 Å². The molecule has 1 aromatic heterocycles. The van der Waals surface area contributed by atoms with E-state index >= 15 is 0 Å². The number of aromatic nitrogens is 1. The van der Waals surface area contributed by atoms with E-state index in [4.69, 9.17) is 23.2 Å². The van der Waals surface area contributed by atoms with Crippen molar-refractivity contribution in [3.8, 4) is 0 Å². The Balaban J connectivity index is 1.12. The topological polar surface area (TPSA) is 71.7 Å². The maximum absolute atomic E-state index is 13.2. The van der Waals surface area contributed by atoms with Gasteiger partial charge in [-0.2, -0.15) is 0 Å². The van der Waals surface area contributed by atoms with E-state index in [9.17, 15) is 9.59 Å². The molecule has 3 aliphatic heterocycles. The average Bonchev–Trinajstić information content (AvgIpc) is 3.73. The van der Waals surface area contributed by atoms with Crippen molar-refractivity contribution < 1.29 is 9.59 Å². The van der Waals surface area contributed by atoms with E-state index in [1.807, 2.05) is 47.4 Å². The molecule has 1 unspecified atom stereocenters. The second-order valence-electron chi connectivity index (χ2n) is 11.4. The number of hydrogen-bond donors (Lipinski definition) is 2. The molecular weight excluding hydrogens is 545 g/mol. The predicted octanol–water partition coefficient (Wildman–Crippen LogP) is 5.31. The van der Waals surface area contributed by atoms with Gasteiger partial charge in [-0.1, -0.05) is 47.5 Å². The van der Waals surface area contributed by atoms with Crippen LogP contribution < -0.4 is 10.2 Å². The summed E-state index contributed by atoms with van der Waals surface area (Å²) in [5.74, 6) is 0.179. The quantitative estimate of drug-likeness (QED) is 0.397. The van der Waals surface area contributed by atoms with Gasteiger partial charge in [-0.15, -0.1) is 0 Å². The molecule has 0 saturated carbocycles. The Morgan fingerprint density at radius 2 is 1.73 bits per heavy atom. The number of hydrogen-bond acceptors (Lipinski definition) is 4. The number of likely N-dealkylation sites (tertiary alicyclic amines) is 2. The Kier molecular flexibility index (Phi) is 7.55. The Morgan fingerprint density at radius 1 is 0.925 bits per heavy atom. The molecule has 40 heavy (non-hydrogen) atoms. The van der Waals surface area contributed by atoms with Gasteiger partial charge in [0.1, 0.15) is 11.2 Å². The fourth-order valence-electron chi connectivity index (χ4n) is 6.91. The summed E-state index contributed by atoms with van der Waals surface area (Å²) in [6.07, 6.45) is 6.22. The molecule has 0 aliphatic carbocycles. The van der Waals surface area contributed by atoms with E-state index in [0.29, 0.717) is 35.5 Å². The third kappa shape index (κ3) is 5.00. The van der Waals surface area contributed by atoms with E-state index in [2.05, 4.69) is 38.3 Å². The number of nitrogens with zero attached hydrogens (tertiary/aromatic N) is 3. The van der Waals surface area contributed by atoms with Crippen molar-refractivity contribution in [3.63, 3.8) is 0 Å². The predicted molar refractivity (Wildman–Crippen MR) is 159 cm³/mol. The lowest BCUT2D eigenvalue weighted by molar-refractivity contribution is -0.125. The highest BCUT2D eigenvalue weighted by atomic mass is 35.5. The molecule has 0 radical (unpaired) electrons. The number of anilines is 1. The molecular formula is C31H35Cl2N5O2. The van der Waals surface area contributed by atoms with E-state index in [-0.39, 0.29) is 17.2 Å². The van der Waals surface area contributed by atoms with Crippen LogP contribution in [0, 0.1) is 0 Å². The molecule has 3 aromatic rings. The number of rotatable bonds is 7. The lowest BCUT2D eigenvalue weighted by atomic mass is 9.76. The highest BCUT2D eigenvalue weighted by Crippen LogP contribution is 2.42. The molecule has 3 aliphatic rings. The zero-order chi connectivity index (χ0) is 27.7. The lowest BCUT2D eigenvalue weighted by Crippen LogP contribution is -2.56. The summed E-state index contributed by atoms with van der Waals surface area (Å²) in [4.78, 5) is 35.9. The minimum Gasteiger partial charge on any atom is -0.357 e. The molecule has 2 N–H and O–H groups in total. The van der Waals surface area contributed by atoms with Gasteiger partial charge in [0, 0.05) is 43.5 Å². The number of carbonyl (C=O) groups excluding carboxylic acids is 2. The van der Waals surface area contributed by atoms with E-state index in [0.717, 1.165) is 63.0 Å². The Labute approximate surface area is 245 Å². The maximum Gasteiger partial charge on any atom is 0.270 e. The van der Waals surface area contributed by atoms with Crippen LogP contribution in [-0.2, 0) is 10.2 Å². The van der Waals surface area contributed by atoms with Crippen molar-refractivity contribution in [3.05, 3.63) is 88.2 Å². The summed E-state index contributed by atoms with van der Waals surface area (Å²) >= 11 is 12.7. The van der Waals surface area contributed by atoms with Crippen molar-refractivity contribution in [2.75, 3.05) is 44.3 Å². The third-order valence-electron chi connectivity index (χ3n) is 9.22. The highest BCUT2D eigenvalue weighted by Gasteiger charge is 2.50. The third-order valence-corrected chi connectivity index (χ3v) is 9.96. The van der Waals surface area contributed by atoms with Crippen LogP contribution in [0.25, 0.3) is 0 Å². The summed E-state index contributed by atoms with van der Waals surface area (Å²) in [7, 11) is 0. The van der Waals surface area contributed by atoms with Gasteiger partial charge in [0.05, 0.1) is 16.7 Å². The summed E-state index contributed by atoms with van der Waals surface area (Å²) in [5.41, 5.74) is 2.21. The van der Waals surface area contributed by atoms with Crippen molar-refractivity contribution >= 4 is 40.7 Å². The van der Waals surface area contributed by atoms with Gasteiger partial charge in [0.2, 0.25) is 5.91 Å². The number of piperidine rings is 1. The smallest absolute Gasteiger partial charge is 0.270 e. The number of nitrogens with one attached hydrogen (secondary N) is 2. The van der Waals surface area contributed by atoms with Crippen LogP contribution in [0.15, 0.2) is 66.9 Å². The van der Waals surface area contributed by atoms with Crippen LogP contribution in [0.3, 0.4) is 0 Å². The Bertz CT molecular complexity index is 1360. The first-order valence-corrected chi connectivity index (χ1v) is 14.9. The minimum atomic E-state index is -0.469. The maximum atomic E-state index is 13.2. The number of para-hydroxylation sites is 1. The second-order valence-corrected chi connectivity index (χ2v) is 12.2. The summed E-state index contributed by atoms with van der Waals surface area (Å²) < 4.78 is 0. The first kappa shape index (κ1) is 27.2. The lowest BCUT2D eigenvalue weighted by Gasteiger charge is -2.43. The highest BCUT2D eigenvalue weighted by molar-refractivity contribution is 6.42. The normalized spacial score (nSPS) is 22.7. The van der Waals surface area contributed by atoms with Gasteiger partial charge in [-0.25, -0.2) is 0 Å². The van der Waals surface area contributed by atoms with E-state index in [1.165, 1.54) is 0 Å². The first-order valence-electron chi connectivity index (χ1n) is 14.1. The standard InChI is InChI=1S/C31H35Cl2N5O2/c32-25-10-9-23(20-26(25)33)30(12-19-37(21-30)28(39)27-8-4-15-34-27)11-5-16-36-17-13-31(14-18-36)29(40)35-22-38(31)24-6-2-1-3-7-24/h1-4,6-10,15,20,34H,5,11-14,16-19,21-22H2,(H,35,40). The summed E-state index contributed by atoms with van der Waals surface area (Å²) in [6.45, 7) is 4.64. The molecule has 4 heterocycles. The fourth-order valence-corrected chi connectivity index (χ4v) is 7.21. The van der Waals surface area contributed by atoms with Crippen LogP contribution in [0.2, 0.25) is 10.0 Å². The second kappa shape index (κ2) is 11.1. The van der Waals surface area contributed by atoms with Crippen molar-refractivity contribution in [1.29, 1.82) is 0 Å². The molecule has 3 fully saturated rings. The SMILES string of the molecule is O=C(c1ccc[nH]1)N1CCC(CCCN2CCC3(CC2)C(=O)NCN3c2ccccc2)(c2ccc(Cl)c(Cl)c2)C1. The molecule has 9 heteroatoms. The minimum absolute atomic E-state index is 0.0334. The van der Waals surface area contributed by atoms with Gasteiger partial charge >= 0.3 is 0 Å². The number of aromatic amines is 1. The van der Waals surface area contributed by atoms with Crippen molar-refractivity contribution in [2.45, 2.75) is 43.1 Å². The molecule has 0 bridgehead atoms. The molecule has 6 rings (SSSR count). The Hall–Kier alpha value is -3.00. The summed E-state index contributed by atoms with van der Waals surface area (Å²) in [5, 5.41) is 4.18. The average molecular weight is 581 g/mol. The van der Waals surface area contributed by atoms with Crippen molar-refractivity contribution in [1.82, 2.24) is 20.1 Å². The number of carbonyl (C=O) groups is 2. The van der Waals surface area contributed by atoms with Crippen molar-refractivity contribution in [2.24, 2.45) is 0 Å². The molecule has 3 saturated heterocycles. The summed E-state index contributed by atoms with van der Waals surface area (Å²) in [6, 6.07) is 19.8. The fraction of sp³-hybridized carbons (Fsp3) is 0.419. The van der Waals surface area contributed by atoms with Crippen LogP contribution in [-0.4, -0.2) is 71.5 Å². The van der Waals surface area contributed by atoms with Gasteiger partial charge in [-0.05, 0) is 80.6 Å². The van der Waals surface area contributed by atoms with Gasteiger partial charge < -0.3 is 25.0 Å². The molecule has 7 nitrogen and oxygen atoms in total. The monoisotopic (exact) mass is 579 g/mol. The number of H-pyrrole nitrogens is 1. The largest absolute Gasteiger partial charge is 0.357 e. The molecule has 210 valence electrons. The Morgan fingerprint density at radius 3 is 2.45 bits per heavy atom. The molecule has 1 spiro atoms. The zero-order valence-electron chi connectivity index (χ0n) is 22.5. The first-order chi connectivity index (χ1) is 19.4. The van der Waals surface area contributed by atoms with Gasteiger partial charge in [0.15, 0.2) is 0 Å². The zero-order valence-corrected chi connectivity index (χ0v) is 24.1. The van der Waals surface area contributed by atoms with E-state index in [1.54, 1.807) is 6.20 Å². The number of amides is 2. The van der Waals surface area contributed by atoms with Crippen LogP contribution >= 0.6 is 23.2 Å². The molecule has 2 amide bonds. The van der Waals surface area contributed by atoms with Gasteiger partial charge in [-0.3, -0.25) is 9.59 Å². The number of benzene rings is 2. The molecule has 1 atom stereocenters. The number of halogens is 2. The van der Waals surface area contributed by atoms with Crippen LogP contribution in [0.1, 0.15) is 48.2 Å². The van der Waals surface area contributed by atoms with E-state index < -0.39 is 5.54 Å².